The van der Waals surface area contributed by atoms with Crippen molar-refractivity contribution in [3.05, 3.63) is 0 Å². The van der Waals surface area contributed by atoms with Crippen LogP contribution in [-0.4, -0.2) is 68.2 Å². The summed E-state index contributed by atoms with van der Waals surface area (Å²) in [6.45, 7) is 4.59. The van der Waals surface area contributed by atoms with E-state index in [1.165, 1.54) is 0 Å². The van der Waals surface area contributed by atoms with Gasteiger partial charge in [0.1, 0.15) is 0 Å². The van der Waals surface area contributed by atoms with Gasteiger partial charge in [-0.05, 0) is 6.42 Å². The molecular formula is C10H19NO5S. The van der Waals surface area contributed by atoms with Gasteiger partial charge in [-0.3, -0.25) is 9.69 Å². The SMILES string of the molecule is CCC(C(=O)O)S(=O)(=O)CCN1CCOCC1. The third-order valence-electron chi connectivity index (χ3n) is 2.88. The van der Waals surface area contributed by atoms with Gasteiger partial charge < -0.3 is 9.84 Å². The van der Waals surface area contributed by atoms with Crippen LogP contribution in [0.3, 0.4) is 0 Å². The summed E-state index contributed by atoms with van der Waals surface area (Å²) in [7, 11) is -3.55. The second-order valence-corrected chi connectivity index (χ2v) is 6.36. The van der Waals surface area contributed by atoms with Crippen LogP contribution in [0.25, 0.3) is 0 Å². The van der Waals surface area contributed by atoms with Crippen LogP contribution in [0.4, 0.5) is 0 Å². The number of aliphatic carboxylic acids is 1. The Hall–Kier alpha value is -0.660. The van der Waals surface area contributed by atoms with Crippen LogP contribution < -0.4 is 0 Å². The molecule has 0 saturated carbocycles. The topological polar surface area (TPSA) is 83.9 Å². The van der Waals surface area contributed by atoms with Crippen LogP contribution in [0.1, 0.15) is 13.3 Å². The molecule has 1 rings (SSSR count). The van der Waals surface area contributed by atoms with E-state index in [1.54, 1.807) is 6.92 Å². The van der Waals surface area contributed by atoms with Crippen molar-refractivity contribution in [1.82, 2.24) is 4.90 Å². The lowest BCUT2D eigenvalue weighted by atomic mass is 10.3. The molecule has 1 atom stereocenters. The third kappa shape index (κ3) is 4.25. The number of sulfone groups is 1. The average Bonchev–Trinajstić information content (AvgIpc) is 2.28. The van der Waals surface area contributed by atoms with E-state index in [0.29, 0.717) is 32.8 Å². The summed E-state index contributed by atoms with van der Waals surface area (Å²) < 4.78 is 28.8. The first-order valence-corrected chi connectivity index (χ1v) is 7.43. The predicted molar refractivity (Wildman–Crippen MR) is 62.8 cm³/mol. The number of carbonyl (C=O) groups is 1. The van der Waals surface area contributed by atoms with Gasteiger partial charge in [-0.1, -0.05) is 6.92 Å². The average molecular weight is 265 g/mol. The summed E-state index contributed by atoms with van der Waals surface area (Å²) in [4.78, 5) is 12.8. The molecule has 1 unspecified atom stereocenters. The lowest BCUT2D eigenvalue weighted by Crippen LogP contribution is -2.41. The highest BCUT2D eigenvalue weighted by Gasteiger charge is 2.30. The number of morpholine rings is 1. The molecule has 17 heavy (non-hydrogen) atoms. The predicted octanol–water partition coefficient (Wildman–Crippen LogP) is -0.403. The molecular weight excluding hydrogens is 246 g/mol. The molecule has 0 aromatic carbocycles. The van der Waals surface area contributed by atoms with Gasteiger partial charge in [-0.25, -0.2) is 8.42 Å². The maximum Gasteiger partial charge on any atom is 0.321 e. The van der Waals surface area contributed by atoms with Crippen molar-refractivity contribution in [2.24, 2.45) is 0 Å². The summed E-state index contributed by atoms with van der Waals surface area (Å²) in [6, 6.07) is 0. The molecule has 100 valence electrons. The summed E-state index contributed by atoms with van der Waals surface area (Å²) in [5, 5.41) is 7.56. The fourth-order valence-electron chi connectivity index (χ4n) is 1.81. The molecule has 0 radical (unpaired) electrons. The normalized spacial score (nSPS) is 20.1. The zero-order chi connectivity index (χ0) is 12.9. The Morgan fingerprint density at radius 2 is 2.00 bits per heavy atom. The Balaban J connectivity index is 2.50. The maximum atomic E-state index is 11.8. The largest absolute Gasteiger partial charge is 0.480 e. The number of rotatable bonds is 6. The van der Waals surface area contributed by atoms with Gasteiger partial charge in [0, 0.05) is 19.6 Å². The number of nitrogens with zero attached hydrogens (tertiary/aromatic N) is 1. The number of hydrogen-bond acceptors (Lipinski definition) is 5. The quantitative estimate of drug-likeness (QED) is 0.703. The second-order valence-electron chi connectivity index (χ2n) is 4.06. The first-order valence-electron chi connectivity index (χ1n) is 5.72. The summed E-state index contributed by atoms with van der Waals surface area (Å²) in [5.74, 6) is -1.35. The highest BCUT2D eigenvalue weighted by Crippen LogP contribution is 2.08. The molecule has 1 heterocycles. The third-order valence-corrected chi connectivity index (χ3v) is 5.03. The molecule has 0 spiro atoms. The molecule has 1 N–H and O–H groups in total. The van der Waals surface area contributed by atoms with Crippen molar-refractivity contribution >= 4 is 15.8 Å². The molecule has 7 heteroatoms. The first kappa shape index (κ1) is 14.4. The molecule has 0 amide bonds. The van der Waals surface area contributed by atoms with Gasteiger partial charge in [0.2, 0.25) is 0 Å². The minimum Gasteiger partial charge on any atom is -0.480 e. The Labute approximate surface area is 101 Å². The lowest BCUT2D eigenvalue weighted by molar-refractivity contribution is -0.136. The van der Waals surface area contributed by atoms with E-state index >= 15 is 0 Å². The molecule has 1 fully saturated rings. The lowest BCUT2D eigenvalue weighted by Gasteiger charge is -2.26. The zero-order valence-corrected chi connectivity index (χ0v) is 10.8. The summed E-state index contributed by atoms with van der Waals surface area (Å²) in [5.41, 5.74) is 0. The second kappa shape index (κ2) is 6.32. The summed E-state index contributed by atoms with van der Waals surface area (Å²) >= 11 is 0. The van der Waals surface area contributed by atoms with Crippen molar-refractivity contribution in [3.63, 3.8) is 0 Å². The Morgan fingerprint density at radius 1 is 1.41 bits per heavy atom. The van der Waals surface area contributed by atoms with Crippen LogP contribution in [0, 0.1) is 0 Å². The van der Waals surface area contributed by atoms with Crippen LogP contribution in [0.2, 0.25) is 0 Å². The highest BCUT2D eigenvalue weighted by molar-refractivity contribution is 7.92. The Morgan fingerprint density at radius 3 is 2.47 bits per heavy atom. The fraction of sp³-hybridized carbons (Fsp3) is 0.900. The maximum absolute atomic E-state index is 11.8. The van der Waals surface area contributed by atoms with Gasteiger partial charge in [0.15, 0.2) is 15.1 Å². The fourth-order valence-corrected chi connectivity index (χ4v) is 3.42. The monoisotopic (exact) mass is 265 g/mol. The number of carboxylic acid groups (broad SMARTS) is 1. The number of ether oxygens (including phenoxy) is 1. The Kier molecular flexibility index (Phi) is 5.35. The van der Waals surface area contributed by atoms with Crippen molar-refractivity contribution in [2.45, 2.75) is 18.6 Å². The van der Waals surface area contributed by atoms with Crippen molar-refractivity contribution in [1.29, 1.82) is 0 Å². The first-order chi connectivity index (χ1) is 7.97. The highest BCUT2D eigenvalue weighted by atomic mass is 32.2. The van der Waals surface area contributed by atoms with E-state index in [2.05, 4.69) is 0 Å². The molecule has 1 aliphatic heterocycles. The van der Waals surface area contributed by atoms with Gasteiger partial charge in [0.05, 0.1) is 19.0 Å². The van der Waals surface area contributed by atoms with Gasteiger partial charge in [-0.2, -0.15) is 0 Å². The van der Waals surface area contributed by atoms with E-state index in [1.807, 2.05) is 4.90 Å². The van der Waals surface area contributed by atoms with Gasteiger partial charge in [-0.15, -0.1) is 0 Å². The molecule has 0 aromatic rings. The minimum absolute atomic E-state index is 0.0994. The van der Waals surface area contributed by atoms with Crippen LogP contribution in [0.5, 0.6) is 0 Å². The minimum atomic E-state index is -3.55. The van der Waals surface area contributed by atoms with Crippen LogP contribution in [0.15, 0.2) is 0 Å². The standard InChI is InChI=1S/C10H19NO5S/c1-2-9(10(12)13)17(14,15)8-5-11-3-6-16-7-4-11/h9H,2-8H2,1H3,(H,12,13). The molecule has 6 nitrogen and oxygen atoms in total. The summed E-state index contributed by atoms with van der Waals surface area (Å²) in [6.07, 6.45) is 0.112. The zero-order valence-electron chi connectivity index (χ0n) is 9.96. The van der Waals surface area contributed by atoms with Gasteiger partial charge >= 0.3 is 5.97 Å². The van der Waals surface area contributed by atoms with E-state index < -0.39 is 21.1 Å². The molecule has 0 bridgehead atoms. The van der Waals surface area contributed by atoms with Crippen molar-refractivity contribution < 1.29 is 23.1 Å². The van der Waals surface area contributed by atoms with Crippen LogP contribution >= 0.6 is 0 Å². The van der Waals surface area contributed by atoms with Gasteiger partial charge in [0.25, 0.3) is 0 Å². The van der Waals surface area contributed by atoms with E-state index in [9.17, 15) is 13.2 Å². The molecule has 0 aromatic heterocycles. The van der Waals surface area contributed by atoms with Crippen molar-refractivity contribution in [3.8, 4) is 0 Å². The molecule has 1 aliphatic rings. The van der Waals surface area contributed by atoms with E-state index in [0.717, 1.165) is 0 Å². The van der Waals surface area contributed by atoms with Crippen LogP contribution in [-0.2, 0) is 19.4 Å². The van der Waals surface area contributed by atoms with Crippen molar-refractivity contribution in [2.75, 3.05) is 38.6 Å². The molecule has 1 saturated heterocycles. The molecule has 0 aliphatic carbocycles. The number of hydrogen-bond donors (Lipinski definition) is 1. The number of carboxylic acids is 1. The van der Waals surface area contributed by atoms with E-state index in [-0.39, 0.29) is 12.2 Å². The smallest absolute Gasteiger partial charge is 0.321 e. The Bertz CT molecular complexity index is 348. The van der Waals surface area contributed by atoms with E-state index in [4.69, 9.17) is 9.84 Å².